The number of alkyl halides is 1. The highest BCUT2D eigenvalue weighted by Gasteiger charge is 2.20. The lowest BCUT2D eigenvalue weighted by atomic mass is 10.1. The van der Waals surface area contributed by atoms with Crippen LogP contribution in [0.15, 0.2) is 12.4 Å². The molecule has 1 aliphatic heterocycles. The summed E-state index contributed by atoms with van der Waals surface area (Å²) < 4.78 is 5.73. The van der Waals surface area contributed by atoms with Gasteiger partial charge in [0.25, 0.3) is 0 Å². The van der Waals surface area contributed by atoms with Crippen LogP contribution in [-0.4, -0.2) is 41.1 Å². The Bertz CT molecular complexity index is 353. The van der Waals surface area contributed by atoms with Crippen LogP contribution in [0.3, 0.4) is 0 Å². The molecule has 0 radical (unpaired) electrons. The summed E-state index contributed by atoms with van der Waals surface area (Å²) in [5.74, 6) is 1.04. The van der Waals surface area contributed by atoms with E-state index < -0.39 is 0 Å². The van der Waals surface area contributed by atoms with E-state index in [9.17, 15) is 0 Å². The molecule has 1 aliphatic rings. The van der Waals surface area contributed by atoms with Crippen LogP contribution >= 0.6 is 15.9 Å². The highest BCUT2D eigenvalue weighted by atomic mass is 79.9. The Labute approximate surface area is 111 Å². The zero-order chi connectivity index (χ0) is 12.1. The van der Waals surface area contributed by atoms with Gasteiger partial charge in [0, 0.05) is 30.2 Å². The van der Waals surface area contributed by atoms with Gasteiger partial charge in [0.1, 0.15) is 12.1 Å². The lowest BCUT2D eigenvalue weighted by Crippen LogP contribution is -2.37. The van der Waals surface area contributed by atoms with Gasteiger partial charge in [0.15, 0.2) is 0 Å². The van der Waals surface area contributed by atoms with Crippen molar-refractivity contribution in [3.8, 4) is 0 Å². The van der Waals surface area contributed by atoms with E-state index in [1.807, 2.05) is 13.0 Å². The van der Waals surface area contributed by atoms with Gasteiger partial charge >= 0.3 is 0 Å². The average Bonchev–Trinajstić information content (AvgIpc) is 2.37. The van der Waals surface area contributed by atoms with Crippen LogP contribution in [0.4, 0.5) is 5.82 Å². The number of hydrogen-bond acceptors (Lipinski definition) is 4. The van der Waals surface area contributed by atoms with Gasteiger partial charge in [0.2, 0.25) is 0 Å². The first-order valence-corrected chi connectivity index (χ1v) is 7.13. The fourth-order valence-corrected chi connectivity index (χ4v) is 2.26. The topological polar surface area (TPSA) is 38.2 Å². The molecule has 0 aliphatic carbocycles. The van der Waals surface area contributed by atoms with Gasteiger partial charge < -0.3 is 9.64 Å². The zero-order valence-corrected chi connectivity index (χ0v) is 11.7. The van der Waals surface area contributed by atoms with E-state index in [0.717, 1.165) is 49.4 Å². The molecule has 2 rings (SSSR count). The quantitative estimate of drug-likeness (QED) is 0.799. The van der Waals surface area contributed by atoms with Crippen molar-refractivity contribution in [1.82, 2.24) is 9.97 Å². The monoisotopic (exact) mass is 299 g/mol. The van der Waals surface area contributed by atoms with E-state index in [0.29, 0.717) is 6.10 Å². The van der Waals surface area contributed by atoms with Crippen molar-refractivity contribution < 1.29 is 4.74 Å². The minimum absolute atomic E-state index is 0.409. The Morgan fingerprint density at radius 2 is 2.18 bits per heavy atom. The highest BCUT2D eigenvalue weighted by molar-refractivity contribution is 9.09. The third-order valence-corrected chi connectivity index (χ3v) is 3.31. The van der Waals surface area contributed by atoms with Crippen molar-refractivity contribution in [2.45, 2.75) is 25.9 Å². The molecule has 5 heteroatoms. The number of hydrogen-bond donors (Lipinski definition) is 0. The summed E-state index contributed by atoms with van der Waals surface area (Å²) in [5.41, 5.74) is 1.02. The smallest absolute Gasteiger partial charge is 0.132 e. The zero-order valence-electron chi connectivity index (χ0n) is 10.1. The largest absolute Gasteiger partial charge is 0.377 e. The third-order valence-electron chi connectivity index (χ3n) is 2.99. The van der Waals surface area contributed by atoms with Crippen LogP contribution < -0.4 is 4.90 Å². The molecule has 0 unspecified atom stereocenters. The van der Waals surface area contributed by atoms with Gasteiger partial charge in [-0.1, -0.05) is 15.9 Å². The number of rotatable bonds is 4. The fraction of sp³-hybridized carbons (Fsp3) is 0.667. The van der Waals surface area contributed by atoms with E-state index >= 15 is 0 Å². The normalized spacial score (nSPS) is 17.4. The lowest BCUT2D eigenvalue weighted by Gasteiger charge is -2.32. The molecule has 0 aromatic carbocycles. The molecular weight excluding hydrogens is 282 g/mol. The minimum atomic E-state index is 0.409. The highest BCUT2D eigenvalue weighted by Crippen LogP contribution is 2.19. The van der Waals surface area contributed by atoms with Crippen molar-refractivity contribution in [3.63, 3.8) is 0 Å². The molecule has 0 atom stereocenters. The maximum Gasteiger partial charge on any atom is 0.132 e. The van der Waals surface area contributed by atoms with Crippen LogP contribution in [0.5, 0.6) is 0 Å². The van der Waals surface area contributed by atoms with E-state index in [1.54, 1.807) is 6.33 Å². The molecule has 0 N–H and O–H groups in total. The summed E-state index contributed by atoms with van der Waals surface area (Å²) in [6, 6.07) is 2.04. The van der Waals surface area contributed by atoms with Crippen LogP contribution in [0.2, 0.25) is 0 Å². The Morgan fingerprint density at radius 3 is 2.82 bits per heavy atom. The number of aromatic nitrogens is 2. The van der Waals surface area contributed by atoms with Gasteiger partial charge in [-0.05, 0) is 19.8 Å². The summed E-state index contributed by atoms with van der Waals surface area (Å²) in [4.78, 5) is 10.7. The number of ether oxygens (including phenoxy) is 1. The molecule has 4 nitrogen and oxygen atoms in total. The van der Waals surface area contributed by atoms with E-state index in [1.165, 1.54) is 0 Å². The molecule has 0 bridgehead atoms. The summed E-state index contributed by atoms with van der Waals surface area (Å²) >= 11 is 3.38. The van der Waals surface area contributed by atoms with Gasteiger partial charge in [-0.3, -0.25) is 0 Å². The number of piperidine rings is 1. The summed E-state index contributed by atoms with van der Waals surface area (Å²) in [6.45, 7) is 4.83. The van der Waals surface area contributed by atoms with Gasteiger partial charge in [-0.25, -0.2) is 9.97 Å². The number of aryl methyl sites for hydroxylation is 1. The molecule has 1 aromatic heterocycles. The molecule has 2 heterocycles. The van der Waals surface area contributed by atoms with Crippen molar-refractivity contribution in [3.05, 3.63) is 18.1 Å². The summed E-state index contributed by atoms with van der Waals surface area (Å²) in [6.07, 6.45) is 4.20. The Kier molecular flexibility index (Phi) is 4.74. The Morgan fingerprint density at radius 1 is 1.41 bits per heavy atom. The van der Waals surface area contributed by atoms with E-state index in [-0.39, 0.29) is 0 Å². The summed E-state index contributed by atoms with van der Waals surface area (Å²) in [5, 5.41) is 0.915. The van der Waals surface area contributed by atoms with Gasteiger partial charge in [-0.15, -0.1) is 0 Å². The predicted molar refractivity (Wildman–Crippen MR) is 71.8 cm³/mol. The third kappa shape index (κ3) is 3.64. The first-order chi connectivity index (χ1) is 8.29. The van der Waals surface area contributed by atoms with Crippen molar-refractivity contribution in [1.29, 1.82) is 0 Å². The molecule has 94 valence electrons. The first-order valence-electron chi connectivity index (χ1n) is 6.01. The van der Waals surface area contributed by atoms with Crippen LogP contribution in [0, 0.1) is 6.92 Å². The molecule has 1 saturated heterocycles. The predicted octanol–water partition coefficient (Wildman–Crippen LogP) is 2.17. The fourth-order valence-electron chi connectivity index (χ4n) is 2.08. The Balaban J connectivity index is 1.86. The first kappa shape index (κ1) is 12.8. The van der Waals surface area contributed by atoms with Crippen molar-refractivity contribution in [2.24, 2.45) is 0 Å². The second kappa shape index (κ2) is 6.31. The second-order valence-electron chi connectivity index (χ2n) is 4.26. The van der Waals surface area contributed by atoms with Crippen molar-refractivity contribution >= 4 is 21.7 Å². The molecule has 17 heavy (non-hydrogen) atoms. The van der Waals surface area contributed by atoms with Crippen molar-refractivity contribution in [2.75, 3.05) is 29.9 Å². The number of nitrogens with zero attached hydrogens (tertiary/aromatic N) is 3. The molecule has 0 saturated carbocycles. The molecule has 1 fully saturated rings. The van der Waals surface area contributed by atoms with E-state index in [4.69, 9.17) is 4.74 Å². The van der Waals surface area contributed by atoms with Gasteiger partial charge in [-0.2, -0.15) is 0 Å². The van der Waals surface area contributed by atoms with Crippen LogP contribution in [0.25, 0.3) is 0 Å². The van der Waals surface area contributed by atoms with Crippen LogP contribution in [0.1, 0.15) is 18.5 Å². The number of halogens is 1. The second-order valence-corrected chi connectivity index (χ2v) is 5.06. The maximum atomic E-state index is 5.73. The standard InChI is InChI=1S/C12H18BrN3O/c1-10-8-12(15-9-14-10)16-5-2-11(3-6-16)17-7-4-13/h8-9,11H,2-7H2,1H3. The summed E-state index contributed by atoms with van der Waals surface area (Å²) in [7, 11) is 0. The lowest BCUT2D eigenvalue weighted by molar-refractivity contribution is 0.0480. The Hall–Kier alpha value is -0.680. The molecular formula is C12H18BrN3O. The average molecular weight is 300 g/mol. The SMILES string of the molecule is Cc1cc(N2CCC(OCCBr)CC2)ncn1. The van der Waals surface area contributed by atoms with E-state index in [2.05, 4.69) is 30.8 Å². The molecule has 0 spiro atoms. The molecule has 0 amide bonds. The van der Waals surface area contributed by atoms with Gasteiger partial charge in [0.05, 0.1) is 12.7 Å². The van der Waals surface area contributed by atoms with Crippen LogP contribution in [-0.2, 0) is 4.74 Å². The number of anilines is 1. The minimum Gasteiger partial charge on any atom is -0.377 e. The molecule has 1 aromatic rings. The maximum absolute atomic E-state index is 5.73.